The molecule has 0 unspecified atom stereocenters. The number of aliphatic imine (C=N–C) groups is 1. The summed E-state index contributed by atoms with van der Waals surface area (Å²) in [5.74, 6) is 0.829. The van der Waals surface area contributed by atoms with Crippen LogP contribution in [0.3, 0.4) is 0 Å². The summed E-state index contributed by atoms with van der Waals surface area (Å²) >= 11 is 0. The van der Waals surface area contributed by atoms with E-state index in [2.05, 4.69) is 89.8 Å². The highest BCUT2D eigenvalue weighted by atomic mass is 16.5. The van der Waals surface area contributed by atoms with Crippen LogP contribution in [-0.2, 0) is 17.8 Å². The van der Waals surface area contributed by atoms with Gasteiger partial charge in [0.15, 0.2) is 5.90 Å². The van der Waals surface area contributed by atoms with Crippen LogP contribution >= 0.6 is 0 Å². The lowest BCUT2D eigenvalue weighted by molar-refractivity contribution is 0.254. The number of hydrogen-bond acceptors (Lipinski definition) is 3. The SMILES string of the molecule is c1ccc(CN(CC2=N[C@H](c3ccccc3)CO2)Cc2ccccc2)cc1. The Bertz CT molecular complexity index is 821. The van der Waals surface area contributed by atoms with Crippen molar-refractivity contribution in [3.8, 4) is 0 Å². The van der Waals surface area contributed by atoms with Crippen molar-refractivity contribution in [2.24, 2.45) is 4.99 Å². The van der Waals surface area contributed by atoms with Crippen LogP contribution in [0.25, 0.3) is 0 Å². The number of ether oxygens (including phenoxy) is 1. The third-order valence-corrected chi connectivity index (χ3v) is 4.75. The molecule has 0 spiro atoms. The minimum atomic E-state index is 0.108. The molecular formula is C24H24N2O. The van der Waals surface area contributed by atoms with Crippen LogP contribution in [0.4, 0.5) is 0 Å². The van der Waals surface area contributed by atoms with Crippen molar-refractivity contribution in [3.05, 3.63) is 108 Å². The molecule has 27 heavy (non-hydrogen) atoms. The van der Waals surface area contributed by atoms with E-state index in [1.807, 2.05) is 6.07 Å². The lowest BCUT2D eigenvalue weighted by Crippen LogP contribution is -2.29. The van der Waals surface area contributed by atoms with Gasteiger partial charge in [0.05, 0.1) is 6.54 Å². The first-order chi connectivity index (χ1) is 13.4. The smallest absolute Gasteiger partial charge is 0.198 e. The molecule has 1 heterocycles. The van der Waals surface area contributed by atoms with Crippen molar-refractivity contribution in [1.82, 2.24) is 4.90 Å². The van der Waals surface area contributed by atoms with Gasteiger partial charge in [-0.25, -0.2) is 4.99 Å². The quantitative estimate of drug-likeness (QED) is 0.604. The van der Waals surface area contributed by atoms with Gasteiger partial charge in [0.25, 0.3) is 0 Å². The van der Waals surface area contributed by atoms with Crippen LogP contribution in [0.2, 0.25) is 0 Å². The highest BCUT2D eigenvalue weighted by Crippen LogP contribution is 2.23. The molecule has 0 bridgehead atoms. The second kappa shape index (κ2) is 8.65. The van der Waals surface area contributed by atoms with Gasteiger partial charge >= 0.3 is 0 Å². The zero-order chi connectivity index (χ0) is 18.3. The van der Waals surface area contributed by atoms with E-state index in [1.165, 1.54) is 16.7 Å². The topological polar surface area (TPSA) is 24.8 Å². The summed E-state index contributed by atoms with van der Waals surface area (Å²) in [4.78, 5) is 7.22. The zero-order valence-electron chi connectivity index (χ0n) is 15.4. The standard InChI is InChI=1S/C24H24N2O/c1-4-10-20(11-5-1)16-26(17-21-12-6-2-7-13-21)18-24-25-23(19-27-24)22-14-8-3-9-15-22/h1-15,23H,16-19H2/t23-/m0/s1. The first kappa shape index (κ1) is 17.5. The molecule has 3 aromatic carbocycles. The molecule has 0 saturated carbocycles. The minimum absolute atomic E-state index is 0.108. The molecule has 1 aliphatic heterocycles. The van der Waals surface area contributed by atoms with Gasteiger partial charge < -0.3 is 4.74 Å². The Morgan fingerprint density at radius 1 is 0.704 bits per heavy atom. The van der Waals surface area contributed by atoms with Crippen LogP contribution in [0, 0.1) is 0 Å². The van der Waals surface area contributed by atoms with Crippen LogP contribution in [0.1, 0.15) is 22.7 Å². The van der Waals surface area contributed by atoms with Gasteiger partial charge in [-0.3, -0.25) is 4.90 Å². The summed E-state index contributed by atoms with van der Waals surface area (Å²) in [7, 11) is 0. The molecule has 0 radical (unpaired) electrons. The molecule has 0 N–H and O–H groups in total. The van der Waals surface area contributed by atoms with Crippen molar-refractivity contribution >= 4 is 5.90 Å². The summed E-state index contributed by atoms with van der Waals surface area (Å²) in [6.07, 6.45) is 0. The van der Waals surface area contributed by atoms with Gasteiger partial charge in [-0.15, -0.1) is 0 Å². The van der Waals surface area contributed by atoms with Gasteiger partial charge in [-0.2, -0.15) is 0 Å². The van der Waals surface area contributed by atoms with Gasteiger partial charge in [0.2, 0.25) is 0 Å². The summed E-state index contributed by atoms with van der Waals surface area (Å²) in [6, 6.07) is 31.6. The summed E-state index contributed by atoms with van der Waals surface area (Å²) in [5, 5.41) is 0. The number of nitrogens with zero attached hydrogens (tertiary/aromatic N) is 2. The van der Waals surface area contributed by atoms with E-state index in [-0.39, 0.29) is 6.04 Å². The van der Waals surface area contributed by atoms with Crippen LogP contribution in [0.15, 0.2) is 96.0 Å². The van der Waals surface area contributed by atoms with E-state index in [4.69, 9.17) is 9.73 Å². The average Bonchev–Trinajstić information content (AvgIpc) is 3.19. The molecule has 1 aliphatic rings. The average molecular weight is 356 g/mol. The summed E-state index contributed by atoms with van der Waals surface area (Å²) in [5.41, 5.74) is 3.81. The second-order valence-electron chi connectivity index (χ2n) is 6.88. The first-order valence-electron chi connectivity index (χ1n) is 9.41. The fourth-order valence-electron chi connectivity index (χ4n) is 3.40. The van der Waals surface area contributed by atoms with E-state index in [1.54, 1.807) is 0 Å². The Hall–Kier alpha value is -2.91. The first-order valence-corrected chi connectivity index (χ1v) is 9.41. The van der Waals surface area contributed by atoms with Gasteiger partial charge in [-0.05, 0) is 16.7 Å². The molecule has 0 amide bonds. The van der Waals surface area contributed by atoms with Crippen molar-refractivity contribution in [3.63, 3.8) is 0 Å². The molecule has 3 heteroatoms. The van der Waals surface area contributed by atoms with Crippen LogP contribution in [-0.4, -0.2) is 23.9 Å². The maximum Gasteiger partial charge on any atom is 0.198 e. The Kier molecular flexibility index (Phi) is 5.61. The maximum atomic E-state index is 5.93. The molecule has 0 fully saturated rings. The Balaban J connectivity index is 1.48. The largest absolute Gasteiger partial charge is 0.477 e. The monoisotopic (exact) mass is 356 g/mol. The van der Waals surface area contributed by atoms with Gasteiger partial charge in [0.1, 0.15) is 12.6 Å². The molecule has 0 aromatic heterocycles. The number of hydrogen-bond donors (Lipinski definition) is 0. The summed E-state index contributed by atoms with van der Waals surface area (Å²) < 4.78 is 5.93. The lowest BCUT2D eigenvalue weighted by Gasteiger charge is -2.22. The fourth-order valence-corrected chi connectivity index (χ4v) is 3.40. The molecule has 0 saturated heterocycles. The Morgan fingerprint density at radius 2 is 1.22 bits per heavy atom. The van der Waals surface area contributed by atoms with Crippen LogP contribution in [0.5, 0.6) is 0 Å². The zero-order valence-corrected chi connectivity index (χ0v) is 15.4. The van der Waals surface area contributed by atoms with Crippen LogP contribution < -0.4 is 0 Å². The Morgan fingerprint density at radius 3 is 1.78 bits per heavy atom. The van der Waals surface area contributed by atoms with Crippen molar-refractivity contribution in [1.29, 1.82) is 0 Å². The molecule has 3 aromatic rings. The molecule has 136 valence electrons. The third-order valence-electron chi connectivity index (χ3n) is 4.75. The fraction of sp³-hybridized carbons (Fsp3) is 0.208. The molecular weight excluding hydrogens is 332 g/mol. The van der Waals surface area contributed by atoms with Crippen molar-refractivity contribution in [2.45, 2.75) is 19.1 Å². The molecule has 0 aliphatic carbocycles. The van der Waals surface area contributed by atoms with E-state index < -0.39 is 0 Å². The molecule has 1 atom stereocenters. The van der Waals surface area contributed by atoms with E-state index in [0.717, 1.165) is 19.0 Å². The predicted molar refractivity (Wildman–Crippen MR) is 110 cm³/mol. The maximum absolute atomic E-state index is 5.93. The predicted octanol–water partition coefficient (Wildman–Crippen LogP) is 4.86. The normalized spacial score (nSPS) is 16.2. The third kappa shape index (κ3) is 4.83. The Labute approximate surface area is 160 Å². The van der Waals surface area contributed by atoms with E-state index in [0.29, 0.717) is 13.2 Å². The van der Waals surface area contributed by atoms with E-state index >= 15 is 0 Å². The number of benzene rings is 3. The highest BCUT2D eigenvalue weighted by Gasteiger charge is 2.22. The minimum Gasteiger partial charge on any atom is -0.477 e. The molecule has 4 rings (SSSR count). The summed E-state index contributed by atoms with van der Waals surface area (Å²) in [6.45, 7) is 3.08. The lowest BCUT2D eigenvalue weighted by atomic mass is 10.1. The van der Waals surface area contributed by atoms with E-state index in [9.17, 15) is 0 Å². The number of rotatable bonds is 7. The van der Waals surface area contributed by atoms with Crippen molar-refractivity contribution in [2.75, 3.05) is 13.2 Å². The second-order valence-corrected chi connectivity index (χ2v) is 6.88. The van der Waals surface area contributed by atoms with Gasteiger partial charge in [-0.1, -0.05) is 91.0 Å². The molecule has 3 nitrogen and oxygen atoms in total. The van der Waals surface area contributed by atoms with Crippen molar-refractivity contribution < 1.29 is 4.74 Å². The van der Waals surface area contributed by atoms with Gasteiger partial charge in [0, 0.05) is 13.1 Å². The highest BCUT2D eigenvalue weighted by molar-refractivity contribution is 5.80.